The molecule has 0 amide bonds. The zero-order valence-corrected chi connectivity index (χ0v) is 25.7. The number of unbranched alkanes of at least 4 members (excludes halogenated alkanes) is 15. The second-order valence-electron chi connectivity index (χ2n) is 11.9. The molecule has 37 heavy (non-hydrogen) atoms. The summed E-state index contributed by atoms with van der Waals surface area (Å²) in [7, 11) is 0. The van der Waals surface area contributed by atoms with Gasteiger partial charge in [0.2, 0.25) is 0 Å². The lowest BCUT2D eigenvalue weighted by molar-refractivity contribution is -0.715. The van der Waals surface area contributed by atoms with Gasteiger partial charge in [0.05, 0.1) is 25.2 Å². The van der Waals surface area contributed by atoms with E-state index in [2.05, 4.69) is 84.6 Å². The van der Waals surface area contributed by atoms with Crippen molar-refractivity contribution in [2.75, 3.05) is 0 Å². The molecule has 0 radical (unpaired) electrons. The smallest absolute Gasteiger partial charge is 0.223 e. The number of hydrogen-bond donors (Lipinski definition) is 0. The fourth-order valence-corrected chi connectivity index (χ4v) is 5.57. The number of nitrogens with zero attached hydrogens (tertiary/aromatic N) is 4. The Morgan fingerprint density at radius 2 is 0.784 bits per heavy atom. The SMILES string of the molecule is CCCCCCCCCCC[n+]1ccn(C(C)C)c1-c1n(C(C)C)cc[n+]1CCCCCCCCCC. The molecule has 212 valence electrons. The summed E-state index contributed by atoms with van der Waals surface area (Å²) in [4.78, 5) is 0. The molecule has 0 spiro atoms. The second-order valence-corrected chi connectivity index (χ2v) is 11.9. The third-order valence-corrected chi connectivity index (χ3v) is 7.92. The molecule has 2 rings (SSSR count). The van der Waals surface area contributed by atoms with Crippen LogP contribution in [0.5, 0.6) is 0 Å². The summed E-state index contributed by atoms with van der Waals surface area (Å²) in [6.45, 7) is 16.1. The highest BCUT2D eigenvalue weighted by Gasteiger charge is 2.34. The van der Waals surface area contributed by atoms with E-state index in [4.69, 9.17) is 0 Å². The second kappa shape index (κ2) is 18.6. The van der Waals surface area contributed by atoms with E-state index in [1.165, 1.54) is 121 Å². The van der Waals surface area contributed by atoms with Crippen LogP contribution in [-0.4, -0.2) is 9.13 Å². The fraction of sp³-hybridized carbons (Fsp3) is 0.818. The Kier molecular flexibility index (Phi) is 15.9. The maximum Gasteiger partial charge on any atom is 0.373 e. The van der Waals surface area contributed by atoms with E-state index in [9.17, 15) is 0 Å². The lowest BCUT2D eigenvalue weighted by Crippen LogP contribution is -2.43. The van der Waals surface area contributed by atoms with Crippen molar-refractivity contribution in [3.8, 4) is 11.6 Å². The molecule has 0 aliphatic rings. The molecule has 0 aliphatic carbocycles. The zero-order valence-electron chi connectivity index (χ0n) is 25.7. The Morgan fingerprint density at radius 3 is 1.08 bits per heavy atom. The highest BCUT2D eigenvalue weighted by molar-refractivity contribution is 5.37. The van der Waals surface area contributed by atoms with Crippen LogP contribution in [0.2, 0.25) is 0 Å². The van der Waals surface area contributed by atoms with E-state index in [1.807, 2.05) is 0 Å². The van der Waals surface area contributed by atoms with Gasteiger partial charge >= 0.3 is 11.6 Å². The Bertz CT molecular complexity index is 829. The van der Waals surface area contributed by atoms with Gasteiger partial charge in [-0.15, -0.1) is 0 Å². The zero-order chi connectivity index (χ0) is 26.9. The van der Waals surface area contributed by atoms with Crippen LogP contribution < -0.4 is 9.13 Å². The quantitative estimate of drug-likeness (QED) is 0.110. The van der Waals surface area contributed by atoms with Gasteiger partial charge in [-0.1, -0.05) is 97.3 Å². The first-order valence-electron chi connectivity index (χ1n) is 16.2. The van der Waals surface area contributed by atoms with Crippen LogP contribution >= 0.6 is 0 Å². The Labute approximate surface area is 230 Å². The molecule has 0 fully saturated rings. The number of rotatable bonds is 22. The summed E-state index contributed by atoms with van der Waals surface area (Å²) < 4.78 is 10.1. The van der Waals surface area contributed by atoms with Gasteiger partial charge in [0.1, 0.15) is 24.8 Å². The van der Waals surface area contributed by atoms with Gasteiger partial charge in [0.25, 0.3) is 0 Å². The van der Waals surface area contributed by atoms with E-state index in [1.54, 1.807) is 0 Å². The number of imidazole rings is 2. The molecule has 2 aromatic heterocycles. The number of aryl methyl sites for hydroxylation is 2. The van der Waals surface area contributed by atoms with Crippen molar-refractivity contribution in [2.24, 2.45) is 0 Å². The number of aromatic nitrogens is 4. The van der Waals surface area contributed by atoms with Crippen molar-refractivity contribution >= 4 is 0 Å². The first kappa shape index (κ1) is 31.6. The molecule has 2 aromatic rings. The molecule has 2 heterocycles. The predicted molar refractivity (Wildman–Crippen MR) is 159 cm³/mol. The van der Waals surface area contributed by atoms with Gasteiger partial charge in [-0.2, -0.15) is 0 Å². The fourth-order valence-electron chi connectivity index (χ4n) is 5.57. The lowest BCUT2D eigenvalue weighted by atomic mass is 10.1. The molecular formula is C33H62N4+2. The maximum atomic E-state index is 2.54. The first-order chi connectivity index (χ1) is 18.0. The summed E-state index contributed by atoms with van der Waals surface area (Å²) in [6, 6.07) is 0.901. The molecule has 0 aliphatic heterocycles. The van der Waals surface area contributed by atoms with Crippen LogP contribution in [0, 0.1) is 0 Å². The van der Waals surface area contributed by atoms with Gasteiger partial charge < -0.3 is 0 Å². The van der Waals surface area contributed by atoms with E-state index < -0.39 is 0 Å². The van der Waals surface area contributed by atoms with Crippen molar-refractivity contribution in [3.05, 3.63) is 24.8 Å². The molecule has 0 saturated carbocycles. The van der Waals surface area contributed by atoms with Crippen LogP contribution in [0.1, 0.15) is 163 Å². The van der Waals surface area contributed by atoms with Crippen LogP contribution in [0.3, 0.4) is 0 Å². The summed E-state index contributed by atoms with van der Waals surface area (Å²) in [5.74, 6) is 2.76. The van der Waals surface area contributed by atoms with Crippen molar-refractivity contribution in [2.45, 2.75) is 176 Å². The van der Waals surface area contributed by atoms with E-state index in [0.29, 0.717) is 12.1 Å². The maximum absolute atomic E-state index is 2.54. The molecule has 0 bridgehead atoms. The first-order valence-corrected chi connectivity index (χ1v) is 16.2. The van der Waals surface area contributed by atoms with E-state index in [0.717, 1.165) is 13.1 Å². The van der Waals surface area contributed by atoms with Gasteiger partial charge in [0.15, 0.2) is 0 Å². The van der Waals surface area contributed by atoms with E-state index >= 15 is 0 Å². The summed E-state index contributed by atoms with van der Waals surface area (Å²) >= 11 is 0. The Hall–Kier alpha value is -1.58. The van der Waals surface area contributed by atoms with E-state index in [-0.39, 0.29) is 0 Å². The molecular weight excluding hydrogens is 452 g/mol. The van der Waals surface area contributed by atoms with Gasteiger partial charge in [0, 0.05) is 0 Å². The predicted octanol–water partition coefficient (Wildman–Crippen LogP) is 9.36. The van der Waals surface area contributed by atoms with Crippen molar-refractivity contribution in [3.63, 3.8) is 0 Å². The molecule has 0 N–H and O–H groups in total. The highest BCUT2D eigenvalue weighted by atomic mass is 15.3. The summed E-state index contributed by atoms with van der Waals surface area (Å²) in [5.41, 5.74) is 0. The Morgan fingerprint density at radius 1 is 0.486 bits per heavy atom. The average Bonchev–Trinajstić information content (AvgIpc) is 3.48. The summed E-state index contributed by atoms with van der Waals surface area (Å²) in [5, 5.41) is 0. The minimum atomic E-state index is 0.450. The van der Waals surface area contributed by atoms with Gasteiger partial charge in [-0.25, -0.2) is 18.3 Å². The normalized spacial score (nSPS) is 11.9. The van der Waals surface area contributed by atoms with Crippen LogP contribution in [-0.2, 0) is 13.1 Å². The highest BCUT2D eigenvalue weighted by Crippen LogP contribution is 2.22. The van der Waals surface area contributed by atoms with Crippen LogP contribution in [0.15, 0.2) is 24.8 Å². The molecule has 0 atom stereocenters. The van der Waals surface area contributed by atoms with Crippen molar-refractivity contribution in [1.82, 2.24) is 9.13 Å². The minimum absolute atomic E-state index is 0.450. The van der Waals surface area contributed by atoms with Crippen molar-refractivity contribution in [1.29, 1.82) is 0 Å². The summed E-state index contributed by atoms with van der Waals surface area (Å²) in [6.07, 6.45) is 32.7. The average molecular weight is 515 g/mol. The van der Waals surface area contributed by atoms with Crippen molar-refractivity contribution < 1.29 is 9.13 Å². The monoisotopic (exact) mass is 514 g/mol. The van der Waals surface area contributed by atoms with Crippen LogP contribution in [0.25, 0.3) is 11.6 Å². The lowest BCUT2D eigenvalue weighted by Gasteiger charge is -2.10. The number of hydrogen-bond acceptors (Lipinski definition) is 0. The molecule has 4 heteroatoms. The van der Waals surface area contributed by atoms with Gasteiger partial charge in [-0.3, -0.25) is 0 Å². The largest absolute Gasteiger partial charge is 0.373 e. The molecule has 4 nitrogen and oxygen atoms in total. The molecule has 0 aromatic carbocycles. The topological polar surface area (TPSA) is 17.6 Å². The standard InChI is InChI=1S/C33H62N4/c1-7-9-11-13-15-17-19-21-23-25-35-27-29-37(31(5)6)33(35)32-34(26-28-36(32)30(3)4)24-22-20-18-16-14-12-10-8-2/h26-31H,7-25H2,1-6H3/q+2. The third kappa shape index (κ3) is 11.0. The Balaban J connectivity index is 2.02. The van der Waals surface area contributed by atoms with Gasteiger partial charge in [-0.05, 0) is 53.4 Å². The molecule has 0 unspecified atom stereocenters. The molecule has 0 saturated heterocycles. The van der Waals surface area contributed by atoms with Crippen LogP contribution in [0.4, 0.5) is 0 Å². The third-order valence-electron chi connectivity index (χ3n) is 7.92. The minimum Gasteiger partial charge on any atom is -0.223 e.